The zero-order valence-electron chi connectivity index (χ0n) is 15.6. The third-order valence-corrected chi connectivity index (χ3v) is 5.70. The zero-order chi connectivity index (χ0) is 20.1. The molecule has 6 nitrogen and oxygen atoms in total. The van der Waals surface area contributed by atoms with Gasteiger partial charge in [-0.05, 0) is 37.6 Å². The third kappa shape index (κ3) is 5.18. The molecule has 0 bridgehead atoms. The van der Waals surface area contributed by atoms with Crippen LogP contribution < -0.4 is 4.72 Å². The van der Waals surface area contributed by atoms with Crippen LogP contribution in [-0.2, 0) is 10.0 Å². The number of nitrogens with zero attached hydrogens (tertiary/aromatic N) is 3. The van der Waals surface area contributed by atoms with Crippen LogP contribution in [0.15, 0.2) is 53.7 Å². The summed E-state index contributed by atoms with van der Waals surface area (Å²) in [5, 5.41) is 9.10. The van der Waals surface area contributed by atoms with Crippen molar-refractivity contribution in [3.05, 3.63) is 59.9 Å². The van der Waals surface area contributed by atoms with E-state index in [1.807, 2.05) is 35.8 Å². The summed E-state index contributed by atoms with van der Waals surface area (Å²) in [7, 11) is -3.20. The first-order chi connectivity index (χ1) is 13.3. The van der Waals surface area contributed by atoms with E-state index in [1.54, 1.807) is 18.2 Å². The normalized spacial score (nSPS) is 11.7. The number of aryl methyl sites for hydroxylation is 1. The first kappa shape index (κ1) is 20.5. The standard InChI is InChI=1S/C19H21FN4O2S2/c1-14-8-10-15(11-9-14)24-18(16-6-3-4-7-17(16)20)22-23-19(24)27-13-5-12-21-28(2,25)26/h3-4,6-11,21H,5,12-13H2,1-2H3. The Hall–Kier alpha value is -2.23. The van der Waals surface area contributed by atoms with Crippen LogP contribution in [0.1, 0.15) is 12.0 Å². The van der Waals surface area contributed by atoms with Crippen molar-refractivity contribution in [2.24, 2.45) is 0 Å². The van der Waals surface area contributed by atoms with Crippen molar-refractivity contribution in [3.8, 4) is 17.1 Å². The van der Waals surface area contributed by atoms with Gasteiger partial charge in [0.15, 0.2) is 11.0 Å². The smallest absolute Gasteiger partial charge is 0.208 e. The van der Waals surface area contributed by atoms with Crippen LogP contribution in [0.5, 0.6) is 0 Å². The maximum Gasteiger partial charge on any atom is 0.208 e. The molecule has 0 atom stereocenters. The van der Waals surface area contributed by atoms with Crippen molar-refractivity contribution in [3.63, 3.8) is 0 Å². The lowest BCUT2D eigenvalue weighted by molar-refractivity contribution is 0.587. The second-order valence-electron chi connectivity index (χ2n) is 6.33. The summed E-state index contributed by atoms with van der Waals surface area (Å²) in [6.07, 6.45) is 1.77. The van der Waals surface area contributed by atoms with Gasteiger partial charge in [0.2, 0.25) is 10.0 Å². The average Bonchev–Trinajstić information content (AvgIpc) is 3.05. The molecule has 0 fully saturated rings. The molecule has 0 aliphatic rings. The van der Waals surface area contributed by atoms with Crippen molar-refractivity contribution >= 4 is 21.8 Å². The molecule has 0 saturated heterocycles. The predicted octanol–water partition coefficient (Wildman–Crippen LogP) is 3.41. The Morgan fingerprint density at radius 3 is 2.50 bits per heavy atom. The molecule has 1 N–H and O–H groups in total. The monoisotopic (exact) mass is 420 g/mol. The highest BCUT2D eigenvalue weighted by Crippen LogP contribution is 2.29. The lowest BCUT2D eigenvalue weighted by atomic mass is 10.2. The Morgan fingerprint density at radius 2 is 1.82 bits per heavy atom. The fraction of sp³-hybridized carbons (Fsp3) is 0.263. The van der Waals surface area contributed by atoms with E-state index in [0.29, 0.717) is 35.3 Å². The number of aromatic nitrogens is 3. The minimum absolute atomic E-state index is 0.352. The Bertz CT molecular complexity index is 1050. The summed E-state index contributed by atoms with van der Waals surface area (Å²) >= 11 is 1.45. The maximum absolute atomic E-state index is 14.4. The van der Waals surface area contributed by atoms with E-state index in [0.717, 1.165) is 17.5 Å². The van der Waals surface area contributed by atoms with E-state index in [9.17, 15) is 12.8 Å². The van der Waals surface area contributed by atoms with Crippen LogP contribution in [0.4, 0.5) is 4.39 Å². The van der Waals surface area contributed by atoms with E-state index in [1.165, 1.54) is 17.8 Å². The number of rotatable bonds is 8. The van der Waals surface area contributed by atoms with E-state index >= 15 is 0 Å². The molecule has 0 radical (unpaired) electrons. The molecule has 28 heavy (non-hydrogen) atoms. The van der Waals surface area contributed by atoms with Gasteiger partial charge in [0, 0.05) is 18.0 Å². The van der Waals surface area contributed by atoms with Crippen molar-refractivity contribution in [2.75, 3.05) is 18.6 Å². The second kappa shape index (κ2) is 8.85. The lowest BCUT2D eigenvalue weighted by Gasteiger charge is -2.11. The van der Waals surface area contributed by atoms with Gasteiger partial charge in [-0.25, -0.2) is 17.5 Å². The lowest BCUT2D eigenvalue weighted by Crippen LogP contribution is -2.23. The molecular formula is C19H21FN4O2S2. The molecule has 1 heterocycles. The quantitative estimate of drug-likeness (QED) is 0.446. The Balaban J connectivity index is 1.88. The number of sulfonamides is 1. The van der Waals surface area contributed by atoms with Crippen LogP contribution in [-0.4, -0.2) is 41.7 Å². The van der Waals surface area contributed by atoms with Gasteiger partial charge in [-0.2, -0.15) is 0 Å². The highest BCUT2D eigenvalue weighted by molar-refractivity contribution is 7.99. The molecule has 0 amide bonds. The fourth-order valence-corrected chi connectivity index (χ4v) is 4.01. The summed E-state index contributed by atoms with van der Waals surface area (Å²) in [5.74, 6) is 0.708. The van der Waals surface area contributed by atoms with Crippen LogP contribution >= 0.6 is 11.8 Å². The van der Waals surface area contributed by atoms with Crippen molar-refractivity contribution in [2.45, 2.75) is 18.5 Å². The second-order valence-corrected chi connectivity index (χ2v) is 9.22. The molecule has 0 spiro atoms. The molecule has 148 valence electrons. The van der Waals surface area contributed by atoms with Crippen LogP contribution in [0.3, 0.4) is 0 Å². The first-order valence-electron chi connectivity index (χ1n) is 8.70. The molecule has 0 saturated carbocycles. The molecule has 2 aromatic carbocycles. The summed E-state index contributed by atoms with van der Waals surface area (Å²) in [6.45, 7) is 2.35. The summed E-state index contributed by atoms with van der Waals surface area (Å²) < 4.78 is 40.9. The Kier molecular flexibility index (Phi) is 6.48. The maximum atomic E-state index is 14.4. The van der Waals surface area contributed by atoms with Gasteiger partial charge in [0.1, 0.15) is 5.82 Å². The molecule has 0 aliphatic heterocycles. The van der Waals surface area contributed by atoms with Gasteiger partial charge in [-0.15, -0.1) is 10.2 Å². The number of benzene rings is 2. The van der Waals surface area contributed by atoms with Crippen LogP contribution in [0, 0.1) is 12.7 Å². The highest BCUT2D eigenvalue weighted by atomic mass is 32.2. The van der Waals surface area contributed by atoms with Crippen LogP contribution in [0.2, 0.25) is 0 Å². The van der Waals surface area contributed by atoms with Gasteiger partial charge < -0.3 is 0 Å². The van der Waals surface area contributed by atoms with Gasteiger partial charge in [-0.1, -0.05) is 41.6 Å². The van der Waals surface area contributed by atoms with E-state index in [2.05, 4.69) is 14.9 Å². The number of halogens is 1. The molecule has 1 aromatic heterocycles. The fourth-order valence-electron chi connectivity index (χ4n) is 2.60. The topological polar surface area (TPSA) is 76.9 Å². The van der Waals surface area contributed by atoms with Crippen molar-refractivity contribution < 1.29 is 12.8 Å². The molecule has 0 unspecified atom stereocenters. The van der Waals surface area contributed by atoms with Crippen LogP contribution in [0.25, 0.3) is 17.1 Å². The van der Waals surface area contributed by atoms with E-state index < -0.39 is 10.0 Å². The number of nitrogens with one attached hydrogen (secondary N) is 1. The van der Waals surface area contributed by atoms with E-state index in [-0.39, 0.29) is 5.82 Å². The van der Waals surface area contributed by atoms with E-state index in [4.69, 9.17) is 0 Å². The number of thioether (sulfide) groups is 1. The van der Waals surface area contributed by atoms with Gasteiger partial charge >= 0.3 is 0 Å². The minimum atomic E-state index is -3.20. The molecule has 0 aliphatic carbocycles. The van der Waals surface area contributed by atoms with Crippen molar-refractivity contribution in [1.29, 1.82) is 0 Å². The summed E-state index contributed by atoms with van der Waals surface area (Å²) in [6, 6.07) is 14.3. The summed E-state index contributed by atoms with van der Waals surface area (Å²) in [5.41, 5.74) is 2.33. The molecule has 3 rings (SSSR count). The predicted molar refractivity (Wildman–Crippen MR) is 110 cm³/mol. The van der Waals surface area contributed by atoms with Gasteiger partial charge in [0.05, 0.1) is 11.8 Å². The molecule has 3 aromatic rings. The SMILES string of the molecule is Cc1ccc(-n2c(SCCCNS(C)(=O)=O)nnc2-c2ccccc2F)cc1. The highest BCUT2D eigenvalue weighted by Gasteiger charge is 2.18. The summed E-state index contributed by atoms with van der Waals surface area (Å²) in [4.78, 5) is 0. The minimum Gasteiger partial charge on any atom is -0.270 e. The molecule has 9 heteroatoms. The number of hydrogen-bond donors (Lipinski definition) is 1. The van der Waals surface area contributed by atoms with Gasteiger partial charge in [-0.3, -0.25) is 4.57 Å². The number of hydrogen-bond acceptors (Lipinski definition) is 5. The first-order valence-corrected chi connectivity index (χ1v) is 11.6. The Morgan fingerprint density at radius 1 is 1.11 bits per heavy atom. The average molecular weight is 421 g/mol. The van der Waals surface area contributed by atoms with Crippen molar-refractivity contribution in [1.82, 2.24) is 19.5 Å². The molecular weight excluding hydrogens is 399 g/mol. The third-order valence-electron chi connectivity index (χ3n) is 3.96. The van der Waals surface area contributed by atoms with Gasteiger partial charge in [0.25, 0.3) is 0 Å². The largest absolute Gasteiger partial charge is 0.270 e. The Labute approximate surface area is 168 Å². The zero-order valence-corrected chi connectivity index (χ0v) is 17.2.